The molecule has 0 aliphatic carbocycles. The van der Waals surface area contributed by atoms with Gasteiger partial charge in [-0.15, -0.1) is 11.3 Å². The van der Waals surface area contributed by atoms with Crippen molar-refractivity contribution in [2.24, 2.45) is 0 Å². The Kier molecular flexibility index (Phi) is 5.49. The molecule has 0 amide bonds. The highest BCUT2D eigenvalue weighted by molar-refractivity contribution is 7.10. The van der Waals surface area contributed by atoms with Crippen molar-refractivity contribution in [2.45, 2.75) is 20.0 Å². The predicted octanol–water partition coefficient (Wildman–Crippen LogP) is 4.02. The number of aryl methyl sites for hydroxylation is 1. The zero-order chi connectivity index (χ0) is 14.4. The van der Waals surface area contributed by atoms with Crippen molar-refractivity contribution in [3.05, 3.63) is 50.7 Å². The summed E-state index contributed by atoms with van der Waals surface area (Å²) in [4.78, 5) is 1.06. The Hall–Kier alpha value is -1.47. The van der Waals surface area contributed by atoms with Gasteiger partial charge in [0.15, 0.2) is 0 Å². The van der Waals surface area contributed by atoms with E-state index in [4.69, 9.17) is 21.4 Å². The molecule has 0 unspecified atom stereocenters. The maximum absolute atomic E-state index is 8.73. The summed E-state index contributed by atoms with van der Waals surface area (Å²) >= 11 is 7.74. The number of halogens is 1. The second-order valence-corrected chi connectivity index (χ2v) is 5.66. The van der Waals surface area contributed by atoms with Gasteiger partial charge in [-0.05, 0) is 36.1 Å². The Labute approximate surface area is 128 Å². The molecule has 2 aromatic rings. The Morgan fingerprint density at radius 3 is 2.95 bits per heavy atom. The molecule has 4 heteroatoms. The summed E-state index contributed by atoms with van der Waals surface area (Å²) < 4.78 is 5.74. The first-order valence-electron chi connectivity index (χ1n) is 6.25. The van der Waals surface area contributed by atoms with Crippen LogP contribution in [0, 0.1) is 18.8 Å². The first kappa shape index (κ1) is 14.9. The minimum Gasteiger partial charge on any atom is -0.486 e. The van der Waals surface area contributed by atoms with Crippen LogP contribution in [0.1, 0.15) is 22.4 Å². The molecule has 0 spiro atoms. The zero-order valence-corrected chi connectivity index (χ0v) is 12.7. The van der Waals surface area contributed by atoms with Crippen molar-refractivity contribution >= 4 is 22.9 Å². The van der Waals surface area contributed by atoms with Crippen LogP contribution in [0.3, 0.4) is 0 Å². The van der Waals surface area contributed by atoms with Gasteiger partial charge in [-0.2, -0.15) is 0 Å². The zero-order valence-electron chi connectivity index (χ0n) is 11.1. The van der Waals surface area contributed by atoms with Crippen molar-refractivity contribution in [3.8, 4) is 17.6 Å². The molecule has 0 aliphatic rings. The van der Waals surface area contributed by atoms with Crippen LogP contribution in [0.25, 0.3) is 0 Å². The lowest BCUT2D eigenvalue weighted by atomic mass is 10.2. The highest BCUT2D eigenvalue weighted by Gasteiger charge is 2.06. The number of rotatable bonds is 4. The van der Waals surface area contributed by atoms with E-state index in [2.05, 4.69) is 11.8 Å². The van der Waals surface area contributed by atoms with Gasteiger partial charge in [0.2, 0.25) is 0 Å². The van der Waals surface area contributed by atoms with Gasteiger partial charge in [-0.25, -0.2) is 0 Å². The van der Waals surface area contributed by atoms with Crippen LogP contribution in [-0.2, 0) is 6.61 Å². The van der Waals surface area contributed by atoms with Crippen molar-refractivity contribution in [2.75, 3.05) is 6.61 Å². The van der Waals surface area contributed by atoms with Crippen molar-refractivity contribution in [3.63, 3.8) is 0 Å². The third-order valence-electron chi connectivity index (χ3n) is 2.65. The van der Waals surface area contributed by atoms with E-state index in [1.165, 1.54) is 0 Å². The molecule has 1 aromatic carbocycles. The molecule has 0 radical (unpaired) electrons. The maximum Gasteiger partial charge on any atom is 0.138 e. The molecule has 1 heterocycles. The van der Waals surface area contributed by atoms with E-state index in [1.54, 1.807) is 11.3 Å². The van der Waals surface area contributed by atoms with Crippen molar-refractivity contribution < 1.29 is 9.84 Å². The molecule has 0 saturated heterocycles. The van der Waals surface area contributed by atoms with Crippen molar-refractivity contribution in [1.82, 2.24) is 0 Å². The van der Waals surface area contributed by atoms with Crippen LogP contribution < -0.4 is 4.74 Å². The highest BCUT2D eigenvalue weighted by Crippen LogP contribution is 2.27. The SMILES string of the molecule is Cc1ccc(OCc2sccc2C#CCCO)c(Cl)c1. The van der Waals surface area contributed by atoms with Crippen LogP contribution in [-0.4, -0.2) is 11.7 Å². The summed E-state index contributed by atoms with van der Waals surface area (Å²) in [7, 11) is 0. The van der Waals surface area contributed by atoms with Gasteiger partial charge in [0, 0.05) is 12.0 Å². The van der Waals surface area contributed by atoms with Crippen LogP contribution in [0.4, 0.5) is 0 Å². The molecule has 2 nitrogen and oxygen atoms in total. The molecule has 0 aliphatic heterocycles. The molecular weight excluding hydrogens is 292 g/mol. The van der Waals surface area contributed by atoms with Gasteiger partial charge in [0.25, 0.3) is 0 Å². The van der Waals surface area contributed by atoms with E-state index in [0.717, 1.165) is 16.0 Å². The Bertz CT molecular complexity index is 637. The van der Waals surface area contributed by atoms with E-state index >= 15 is 0 Å². The summed E-state index contributed by atoms with van der Waals surface area (Å²) in [6, 6.07) is 7.69. The fraction of sp³-hybridized carbons (Fsp3) is 0.250. The number of hydrogen-bond acceptors (Lipinski definition) is 3. The van der Waals surface area contributed by atoms with E-state index < -0.39 is 0 Å². The van der Waals surface area contributed by atoms with Gasteiger partial charge in [-0.3, -0.25) is 0 Å². The number of aliphatic hydroxyl groups excluding tert-OH is 1. The molecule has 0 atom stereocenters. The van der Waals surface area contributed by atoms with Gasteiger partial charge in [0.1, 0.15) is 12.4 Å². The second-order valence-electron chi connectivity index (χ2n) is 4.26. The van der Waals surface area contributed by atoms with Gasteiger partial charge in [0.05, 0.1) is 16.5 Å². The first-order valence-corrected chi connectivity index (χ1v) is 7.51. The average Bonchev–Trinajstić information content (AvgIpc) is 2.86. The number of thiophene rings is 1. The molecule has 0 saturated carbocycles. The topological polar surface area (TPSA) is 29.5 Å². The minimum atomic E-state index is 0.0853. The third kappa shape index (κ3) is 4.01. The summed E-state index contributed by atoms with van der Waals surface area (Å²) in [6.07, 6.45) is 0.486. The fourth-order valence-corrected chi connectivity index (χ4v) is 2.67. The van der Waals surface area contributed by atoms with Gasteiger partial charge < -0.3 is 9.84 Å². The number of hydrogen-bond donors (Lipinski definition) is 1. The predicted molar refractivity (Wildman–Crippen MR) is 83.4 cm³/mol. The monoisotopic (exact) mass is 306 g/mol. The lowest BCUT2D eigenvalue weighted by Gasteiger charge is -2.07. The molecule has 1 N–H and O–H groups in total. The van der Waals surface area contributed by atoms with E-state index in [1.807, 2.05) is 36.6 Å². The van der Waals surface area contributed by atoms with Crippen LogP contribution in [0.5, 0.6) is 5.75 Å². The summed E-state index contributed by atoms with van der Waals surface area (Å²) in [6.45, 7) is 2.52. The molecule has 2 rings (SSSR count). The highest BCUT2D eigenvalue weighted by atomic mass is 35.5. The Morgan fingerprint density at radius 2 is 2.20 bits per heavy atom. The molecular formula is C16H15ClO2S. The van der Waals surface area contributed by atoms with Gasteiger partial charge in [-0.1, -0.05) is 29.5 Å². The first-order chi connectivity index (χ1) is 9.70. The summed E-state index contributed by atoms with van der Waals surface area (Å²) in [5.41, 5.74) is 2.06. The number of benzene rings is 1. The van der Waals surface area contributed by atoms with Crippen LogP contribution in [0.2, 0.25) is 5.02 Å². The Balaban J connectivity index is 2.04. The minimum absolute atomic E-state index is 0.0853. The molecule has 104 valence electrons. The maximum atomic E-state index is 8.73. The second kappa shape index (κ2) is 7.35. The van der Waals surface area contributed by atoms with E-state index in [9.17, 15) is 0 Å². The van der Waals surface area contributed by atoms with E-state index in [-0.39, 0.29) is 6.61 Å². The number of ether oxygens (including phenoxy) is 1. The van der Waals surface area contributed by atoms with Gasteiger partial charge >= 0.3 is 0 Å². The molecule has 0 fully saturated rings. The molecule has 1 aromatic heterocycles. The third-order valence-corrected chi connectivity index (χ3v) is 3.84. The lowest BCUT2D eigenvalue weighted by molar-refractivity contribution is 0.305. The summed E-state index contributed by atoms with van der Waals surface area (Å²) in [5, 5.41) is 11.3. The standard InChI is InChI=1S/C16H15ClO2S/c1-12-5-6-15(14(17)10-12)19-11-16-13(7-9-20-16)4-2-3-8-18/h5-7,9-10,18H,3,8,11H2,1H3. The van der Waals surface area contributed by atoms with Crippen LogP contribution in [0.15, 0.2) is 29.6 Å². The largest absolute Gasteiger partial charge is 0.486 e. The Morgan fingerprint density at radius 1 is 1.35 bits per heavy atom. The normalized spacial score (nSPS) is 9.95. The van der Waals surface area contributed by atoms with E-state index in [0.29, 0.717) is 23.8 Å². The molecule has 20 heavy (non-hydrogen) atoms. The quantitative estimate of drug-likeness (QED) is 0.864. The van der Waals surface area contributed by atoms with Crippen molar-refractivity contribution in [1.29, 1.82) is 0 Å². The smallest absolute Gasteiger partial charge is 0.138 e. The fourth-order valence-electron chi connectivity index (χ4n) is 1.64. The molecule has 0 bridgehead atoms. The average molecular weight is 307 g/mol. The number of aliphatic hydroxyl groups is 1. The van der Waals surface area contributed by atoms with Crippen LogP contribution >= 0.6 is 22.9 Å². The lowest BCUT2D eigenvalue weighted by Crippen LogP contribution is -1.95. The summed E-state index contributed by atoms with van der Waals surface area (Å²) in [5.74, 6) is 6.64.